The van der Waals surface area contributed by atoms with Gasteiger partial charge in [-0.1, -0.05) is 17.7 Å². The van der Waals surface area contributed by atoms with Crippen LogP contribution >= 0.6 is 45.6 Å². The molecule has 1 atom stereocenters. The molecule has 3 aromatic heterocycles. The summed E-state index contributed by atoms with van der Waals surface area (Å²) in [5.74, 6) is -0.607. The van der Waals surface area contributed by atoms with Crippen molar-refractivity contribution in [2.24, 2.45) is 5.92 Å². The fourth-order valence-electron chi connectivity index (χ4n) is 3.01. The highest BCUT2D eigenvalue weighted by Crippen LogP contribution is 2.32. The molecule has 0 saturated carbocycles. The minimum Gasteiger partial charge on any atom is -0.302 e. The second kappa shape index (κ2) is 8.21. The summed E-state index contributed by atoms with van der Waals surface area (Å²) in [6.45, 7) is 0.564. The van der Waals surface area contributed by atoms with Crippen molar-refractivity contribution in [1.29, 1.82) is 0 Å². The fraction of sp³-hybridized carbons (Fsp3) is 0.294. The second-order valence-corrected chi connectivity index (χ2v) is 12.0. The van der Waals surface area contributed by atoms with E-state index in [-0.39, 0.29) is 16.7 Å². The van der Waals surface area contributed by atoms with Crippen molar-refractivity contribution in [1.82, 2.24) is 9.29 Å². The molecule has 0 aliphatic carbocycles. The van der Waals surface area contributed by atoms with Gasteiger partial charge in [0.25, 0.3) is 10.0 Å². The molecule has 0 aromatic carbocycles. The highest BCUT2D eigenvalue weighted by Gasteiger charge is 2.34. The first-order valence-electron chi connectivity index (χ1n) is 8.49. The number of thiophene rings is 2. The third kappa shape index (κ3) is 4.17. The van der Waals surface area contributed by atoms with E-state index in [9.17, 15) is 13.2 Å². The minimum atomic E-state index is -3.63. The molecule has 11 heteroatoms. The summed E-state index contributed by atoms with van der Waals surface area (Å²) in [5, 5.41) is 7.25. The molecular weight excluding hydrogens is 458 g/mol. The number of aromatic nitrogens is 1. The fourth-order valence-corrected chi connectivity index (χ4v) is 7.65. The van der Waals surface area contributed by atoms with Crippen LogP contribution in [0.2, 0.25) is 4.34 Å². The van der Waals surface area contributed by atoms with E-state index in [0.29, 0.717) is 28.9 Å². The van der Waals surface area contributed by atoms with E-state index in [0.717, 1.165) is 21.9 Å². The first-order valence-corrected chi connectivity index (χ1v) is 12.9. The van der Waals surface area contributed by atoms with Crippen LogP contribution in [-0.4, -0.2) is 36.7 Å². The van der Waals surface area contributed by atoms with Gasteiger partial charge in [-0.3, -0.25) is 4.79 Å². The normalized spacial score (nSPS) is 18.2. The summed E-state index contributed by atoms with van der Waals surface area (Å²) in [6.07, 6.45) is 1.28. The molecule has 1 saturated heterocycles. The molecule has 1 unspecified atom stereocenters. The molecule has 1 aliphatic rings. The van der Waals surface area contributed by atoms with Crippen LogP contribution < -0.4 is 5.32 Å². The number of carbonyl (C=O) groups excluding carboxylic acids is 1. The maximum absolute atomic E-state index is 12.8. The highest BCUT2D eigenvalue weighted by molar-refractivity contribution is 7.91. The smallest absolute Gasteiger partial charge is 0.252 e. The number of sulfonamides is 1. The Balaban J connectivity index is 1.44. The van der Waals surface area contributed by atoms with Gasteiger partial charge in [0, 0.05) is 18.5 Å². The number of carbonyl (C=O) groups is 1. The van der Waals surface area contributed by atoms with Gasteiger partial charge >= 0.3 is 0 Å². The number of hydrogen-bond donors (Lipinski definition) is 1. The minimum absolute atomic E-state index is 0.160. The Bertz CT molecular complexity index is 1080. The Kier molecular flexibility index (Phi) is 5.86. The molecule has 0 spiro atoms. The molecule has 1 aliphatic heterocycles. The van der Waals surface area contributed by atoms with Crippen LogP contribution in [0.5, 0.6) is 0 Å². The number of amides is 1. The summed E-state index contributed by atoms with van der Waals surface area (Å²) in [6, 6.07) is 7.01. The van der Waals surface area contributed by atoms with Gasteiger partial charge in [0.2, 0.25) is 5.91 Å². The number of anilines is 1. The molecule has 148 valence electrons. The number of nitrogens with one attached hydrogen (secondary N) is 1. The number of nitrogens with zero attached hydrogens (tertiary/aromatic N) is 2. The van der Waals surface area contributed by atoms with Gasteiger partial charge in [-0.25, -0.2) is 13.4 Å². The monoisotopic (exact) mass is 473 g/mol. The average molecular weight is 474 g/mol. The van der Waals surface area contributed by atoms with Gasteiger partial charge in [0.1, 0.15) is 4.21 Å². The van der Waals surface area contributed by atoms with Crippen LogP contribution in [0.15, 0.2) is 39.2 Å². The van der Waals surface area contributed by atoms with Crippen molar-refractivity contribution < 1.29 is 13.2 Å². The van der Waals surface area contributed by atoms with Gasteiger partial charge in [-0.15, -0.1) is 34.0 Å². The van der Waals surface area contributed by atoms with Gasteiger partial charge in [-0.05, 0) is 36.4 Å². The molecule has 0 bridgehead atoms. The molecule has 6 nitrogen and oxygen atoms in total. The van der Waals surface area contributed by atoms with Crippen LogP contribution in [0.1, 0.15) is 12.8 Å². The average Bonchev–Trinajstić information content (AvgIpc) is 3.43. The standard InChI is InChI=1S/C17H16ClN3O3S4/c18-14-5-6-15(27-14)28(23,24)21-7-1-3-11(9-21)16(22)20-17-19-12(10-26-17)13-4-2-8-25-13/h2,4-6,8,10-11H,1,3,7,9H2,(H,19,20,22). The van der Waals surface area contributed by atoms with Crippen LogP contribution in [-0.2, 0) is 14.8 Å². The molecule has 4 rings (SSSR count). The SMILES string of the molecule is O=C(Nc1nc(-c2cccs2)cs1)C1CCCN(S(=O)(=O)c2ccc(Cl)s2)C1. The lowest BCUT2D eigenvalue weighted by atomic mass is 9.99. The highest BCUT2D eigenvalue weighted by atomic mass is 35.5. The van der Waals surface area contributed by atoms with Gasteiger partial charge in [0.05, 0.1) is 20.8 Å². The number of rotatable bonds is 5. The number of piperidine rings is 1. The quantitative estimate of drug-likeness (QED) is 0.586. The Morgan fingerprint density at radius 2 is 2.14 bits per heavy atom. The summed E-state index contributed by atoms with van der Waals surface area (Å²) < 4.78 is 27.6. The number of hydrogen-bond acceptors (Lipinski definition) is 7. The number of halogens is 1. The summed E-state index contributed by atoms with van der Waals surface area (Å²) >= 11 is 9.86. The Morgan fingerprint density at radius 3 is 2.86 bits per heavy atom. The number of thiazole rings is 1. The molecule has 4 heterocycles. The van der Waals surface area contributed by atoms with E-state index in [1.807, 2.05) is 22.9 Å². The molecule has 0 radical (unpaired) electrons. The van der Waals surface area contributed by atoms with Crippen molar-refractivity contribution in [2.45, 2.75) is 17.1 Å². The predicted molar refractivity (Wildman–Crippen MR) is 115 cm³/mol. The molecule has 1 amide bonds. The van der Waals surface area contributed by atoms with Crippen molar-refractivity contribution in [3.63, 3.8) is 0 Å². The Hall–Kier alpha value is -1.30. The zero-order chi connectivity index (χ0) is 19.7. The summed E-state index contributed by atoms with van der Waals surface area (Å²) in [4.78, 5) is 18.2. The second-order valence-electron chi connectivity index (χ2n) is 6.27. The lowest BCUT2D eigenvalue weighted by molar-refractivity contribution is -0.120. The Labute approximate surface area is 179 Å². The predicted octanol–water partition coefficient (Wildman–Crippen LogP) is 4.63. The van der Waals surface area contributed by atoms with Crippen molar-refractivity contribution in [3.8, 4) is 10.6 Å². The lowest BCUT2D eigenvalue weighted by Crippen LogP contribution is -2.43. The zero-order valence-corrected chi connectivity index (χ0v) is 18.5. The van der Waals surface area contributed by atoms with Crippen LogP contribution in [0.4, 0.5) is 5.13 Å². The Morgan fingerprint density at radius 1 is 1.29 bits per heavy atom. The van der Waals surface area contributed by atoms with Crippen molar-refractivity contribution in [2.75, 3.05) is 18.4 Å². The van der Waals surface area contributed by atoms with E-state index in [4.69, 9.17) is 11.6 Å². The topological polar surface area (TPSA) is 79.4 Å². The van der Waals surface area contributed by atoms with E-state index in [1.165, 1.54) is 21.7 Å². The van der Waals surface area contributed by atoms with Gasteiger partial charge in [0.15, 0.2) is 5.13 Å². The largest absolute Gasteiger partial charge is 0.302 e. The molecule has 1 N–H and O–H groups in total. The van der Waals surface area contributed by atoms with Crippen LogP contribution in [0.3, 0.4) is 0 Å². The van der Waals surface area contributed by atoms with E-state index in [2.05, 4.69) is 10.3 Å². The zero-order valence-electron chi connectivity index (χ0n) is 14.5. The van der Waals surface area contributed by atoms with Crippen LogP contribution in [0.25, 0.3) is 10.6 Å². The summed E-state index contributed by atoms with van der Waals surface area (Å²) in [5.41, 5.74) is 0.831. The van der Waals surface area contributed by atoms with Crippen molar-refractivity contribution in [3.05, 3.63) is 39.4 Å². The summed E-state index contributed by atoms with van der Waals surface area (Å²) in [7, 11) is -3.63. The van der Waals surface area contributed by atoms with E-state index in [1.54, 1.807) is 17.4 Å². The van der Waals surface area contributed by atoms with Gasteiger partial charge < -0.3 is 5.32 Å². The lowest BCUT2D eigenvalue weighted by Gasteiger charge is -2.30. The molecule has 28 heavy (non-hydrogen) atoms. The van der Waals surface area contributed by atoms with Crippen LogP contribution in [0, 0.1) is 5.92 Å². The third-order valence-corrected chi connectivity index (χ3v) is 9.62. The molecular formula is C17H16ClN3O3S4. The van der Waals surface area contributed by atoms with Crippen molar-refractivity contribution >= 4 is 66.7 Å². The van der Waals surface area contributed by atoms with E-state index >= 15 is 0 Å². The van der Waals surface area contributed by atoms with Gasteiger partial charge in [-0.2, -0.15) is 4.31 Å². The molecule has 1 fully saturated rings. The third-order valence-electron chi connectivity index (χ3n) is 4.41. The first kappa shape index (κ1) is 20.0. The first-order chi connectivity index (χ1) is 13.4. The van der Waals surface area contributed by atoms with E-state index < -0.39 is 15.9 Å². The maximum Gasteiger partial charge on any atom is 0.252 e. The molecule has 3 aromatic rings. The maximum atomic E-state index is 12.8.